The molecule has 0 saturated heterocycles. The molecule has 0 aromatic heterocycles. The van der Waals surface area contributed by atoms with Gasteiger partial charge in [-0.15, -0.1) is 0 Å². The Morgan fingerprint density at radius 3 is 2.24 bits per heavy atom. The molecule has 0 radical (unpaired) electrons. The number of hydrogen-bond donors (Lipinski definition) is 0. The molecule has 3 nitrogen and oxygen atoms in total. The molecule has 1 rings (SSSR count). The maximum atomic E-state index is 5.48. The maximum absolute atomic E-state index is 5.48. The maximum Gasteiger partial charge on any atom is 0.0718 e. The van der Waals surface area contributed by atoms with Crippen LogP contribution in [0.25, 0.3) is 0 Å². The first-order valence-electron chi connectivity index (χ1n) is 6.10. The first-order chi connectivity index (χ1) is 8.29. The molecular weight excluding hydrogens is 216 g/mol. The zero-order valence-electron chi connectivity index (χ0n) is 10.7. The molecule has 3 heteroatoms. The molecule has 0 spiro atoms. The Bertz CT molecular complexity index is 272. The molecule has 0 N–H and O–H groups in total. The molecule has 0 aliphatic rings. The van der Waals surface area contributed by atoms with Crippen LogP contribution in [0, 0.1) is 0 Å². The van der Waals surface area contributed by atoms with Crippen LogP contribution in [-0.2, 0) is 20.8 Å². The summed E-state index contributed by atoms with van der Waals surface area (Å²) >= 11 is 0. The molecule has 0 heterocycles. The summed E-state index contributed by atoms with van der Waals surface area (Å²) < 4.78 is 16.2. The zero-order chi connectivity index (χ0) is 12.3. The molecule has 96 valence electrons. The third-order valence-electron chi connectivity index (χ3n) is 2.16. The molecule has 0 aliphatic carbocycles. The summed E-state index contributed by atoms with van der Waals surface area (Å²) in [5, 5.41) is 0. The molecule has 0 saturated carbocycles. The number of hydrogen-bond acceptors (Lipinski definition) is 3. The number of ether oxygens (including phenoxy) is 3. The van der Waals surface area contributed by atoms with Gasteiger partial charge in [-0.05, 0) is 19.4 Å². The molecular formula is C14H22O3. The highest BCUT2D eigenvalue weighted by atomic mass is 16.5. The van der Waals surface area contributed by atoms with Crippen molar-refractivity contribution in [3.05, 3.63) is 35.9 Å². The summed E-state index contributed by atoms with van der Waals surface area (Å²) in [4.78, 5) is 0. The Hall–Kier alpha value is -0.900. The lowest BCUT2D eigenvalue weighted by atomic mass is 10.2. The molecule has 17 heavy (non-hydrogen) atoms. The van der Waals surface area contributed by atoms with Crippen molar-refractivity contribution in [3.63, 3.8) is 0 Å². The second-order valence-electron chi connectivity index (χ2n) is 4.07. The predicted octanol–water partition coefficient (Wildman–Crippen LogP) is 2.64. The highest BCUT2D eigenvalue weighted by molar-refractivity contribution is 5.13. The van der Waals surface area contributed by atoms with Gasteiger partial charge in [0.15, 0.2) is 0 Å². The van der Waals surface area contributed by atoms with Crippen LogP contribution in [0.3, 0.4) is 0 Å². The number of benzene rings is 1. The molecule has 0 unspecified atom stereocenters. The van der Waals surface area contributed by atoms with Gasteiger partial charge in [0.1, 0.15) is 0 Å². The summed E-state index contributed by atoms with van der Waals surface area (Å²) in [5.41, 5.74) is 1.19. The molecule has 0 aliphatic heterocycles. The average Bonchev–Trinajstić information content (AvgIpc) is 2.33. The lowest BCUT2D eigenvalue weighted by molar-refractivity contribution is -0.00410. The largest absolute Gasteiger partial charge is 0.377 e. The Morgan fingerprint density at radius 1 is 0.882 bits per heavy atom. The fourth-order valence-corrected chi connectivity index (χ4v) is 1.33. The molecule has 0 amide bonds. The highest BCUT2D eigenvalue weighted by Crippen LogP contribution is 1.99. The van der Waals surface area contributed by atoms with Crippen LogP contribution in [0.2, 0.25) is 0 Å². The van der Waals surface area contributed by atoms with Gasteiger partial charge in [-0.25, -0.2) is 0 Å². The van der Waals surface area contributed by atoms with Gasteiger partial charge in [-0.1, -0.05) is 30.3 Å². The van der Waals surface area contributed by atoms with Crippen LogP contribution in [0.1, 0.15) is 19.4 Å². The Labute approximate surface area is 104 Å². The lowest BCUT2D eigenvalue weighted by Gasteiger charge is -2.08. The van der Waals surface area contributed by atoms with E-state index < -0.39 is 0 Å². The Balaban J connectivity index is 1.88. The van der Waals surface area contributed by atoms with Gasteiger partial charge in [-0.3, -0.25) is 0 Å². The first-order valence-corrected chi connectivity index (χ1v) is 6.10. The van der Waals surface area contributed by atoms with E-state index in [1.807, 2.05) is 32.0 Å². The van der Waals surface area contributed by atoms with E-state index in [2.05, 4.69) is 12.1 Å². The van der Waals surface area contributed by atoms with Crippen molar-refractivity contribution in [3.8, 4) is 0 Å². The van der Waals surface area contributed by atoms with Crippen LogP contribution < -0.4 is 0 Å². The van der Waals surface area contributed by atoms with Gasteiger partial charge in [0.2, 0.25) is 0 Å². The second kappa shape index (κ2) is 9.16. The van der Waals surface area contributed by atoms with Crippen molar-refractivity contribution in [2.45, 2.75) is 26.6 Å². The van der Waals surface area contributed by atoms with E-state index in [0.29, 0.717) is 33.0 Å². The van der Waals surface area contributed by atoms with E-state index in [-0.39, 0.29) is 6.10 Å². The summed E-state index contributed by atoms with van der Waals surface area (Å²) in [6, 6.07) is 10.1. The van der Waals surface area contributed by atoms with E-state index in [4.69, 9.17) is 14.2 Å². The zero-order valence-corrected chi connectivity index (χ0v) is 10.7. The molecule has 0 fully saturated rings. The van der Waals surface area contributed by atoms with Gasteiger partial charge >= 0.3 is 0 Å². The van der Waals surface area contributed by atoms with Gasteiger partial charge in [0.25, 0.3) is 0 Å². The van der Waals surface area contributed by atoms with Gasteiger partial charge in [0.05, 0.1) is 39.1 Å². The van der Waals surface area contributed by atoms with Crippen molar-refractivity contribution in [1.82, 2.24) is 0 Å². The lowest BCUT2D eigenvalue weighted by Crippen LogP contribution is -2.12. The van der Waals surface area contributed by atoms with Gasteiger partial charge < -0.3 is 14.2 Å². The summed E-state index contributed by atoms with van der Waals surface area (Å²) in [7, 11) is 0. The molecule has 0 atom stereocenters. The van der Waals surface area contributed by atoms with Crippen LogP contribution in [0.15, 0.2) is 30.3 Å². The fourth-order valence-electron chi connectivity index (χ4n) is 1.33. The quantitative estimate of drug-likeness (QED) is 0.619. The van der Waals surface area contributed by atoms with Crippen molar-refractivity contribution in [2.24, 2.45) is 0 Å². The standard InChI is InChI=1S/C14H22O3/c1-13(2)17-11-10-15-8-9-16-12-14-6-4-3-5-7-14/h3-7,13H,8-12H2,1-2H3. The van der Waals surface area contributed by atoms with Crippen molar-refractivity contribution in [2.75, 3.05) is 26.4 Å². The van der Waals surface area contributed by atoms with Gasteiger partial charge in [-0.2, -0.15) is 0 Å². The average molecular weight is 238 g/mol. The van der Waals surface area contributed by atoms with E-state index in [9.17, 15) is 0 Å². The molecule has 1 aromatic rings. The topological polar surface area (TPSA) is 27.7 Å². The summed E-state index contributed by atoms with van der Waals surface area (Å²) in [6.07, 6.45) is 0.271. The Morgan fingerprint density at radius 2 is 1.53 bits per heavy atom. The van der Waals surface area contributed by atoms with Crippen LogP contribution in [0.5, 0.6) is 0 Å². The first kappa shape index (κ1) is 14.2. The minimum Gasteiger partial charge on any atom is -0.377 e. The molecule has 0 bridgehead atoms. The Kier molecular flexibility index (Phi) is 7.63. The summed E-state index contributed by atoms with van der Waals surface area (Å²) in [6.45, 7) is 7.20. The van der Waals surface area contributed by atoms with Crippen LogP contribution >= 0.6 is 0 Å². The molecule has 1 aromatic carbocycles. The summed E-state index contributed by atoms with van der Waals surface area (Å²) in [5.74, 6) is 0. The predicted molar refractivity (Wildman–Crippen MR) is 68.0 cm³/mol. The SMILES string of the molecule is CC(C)OCCOCCOCc1ccccc1. The van der Waals surface area contributed by atoms with Crippen molar-refractivity contribution in [1.29, 1.82) is 0 Å². The van der Waals surface area contributed by atoms with E-state index in [1.54, 1.807) is 0 Å². The normalized spacial score (nSPS) is 11.0. The highest BCUT2D eigenvalue weighted by Gasteiger charge is 1.94. The fraction of sp³-hybridized carbons (Fsp3) is 0.571. The smallest absolute Gasteiger partial charge is 0.0718 e. The van der Waals surface area contributed by atoms with Crippen LogP contribution in [0.4, 0.5) is 0 Å². The van der Waals surface area contributed by atoms with Crippen LogP contribution in [-0.4, -0.2) is 32.5 Å². The van der Waals surface area contributed by atoms with Crippen molar-refractivity contribution >= 4 is 0 Å². The van der Waals surface area contributed by atoms with E-state index in [0.717, 1.165) is 0 Å². The third-order valence-corrected chi connectivity index (χ3v) is 2.16. The monoisotopic (exact) mass is 238 g/mol. The van der Waals surface area contributed by atoms with E-state index in [1.165, 1.54) is 5.56 Å². The second-order valence-corrected chi connectivity index (χ2v) is 4.07. The minimum atomic E-state index is 0.271. The van der Waals surface area contributed by atoms with Crippen molar-refractivity contribution < 1.29 is 14.2 Å². The minimum absolute atomic E-state index is 0.271. The third kappa shape index (κ3) is 7.91. The van der Waals surface area contributed by atoms with Gasteiger partial charge in [0, 0.05) is 0 Å². The number of rotatable bonds is 9. The van der Waals surface area contributed by atoms with E-state index >= 15 is 0 Å².